The molecular weight excluding hydrogens is 259 g/mol. The van der Waals surface area contributed by atoms with Crippen molar-refractivity contribution < 1.29 is 17.9 Å². The van der Waals surface area contributed by atoms with Crippen molar-refractivity contribution in [2.45, 2.75) is 25.6 Å². The van der Waals surface area contributed by atoms with E-state index < -0.39 is 11.9 Å². The molecule has 1 aromatic heterocycles. The maximum absolute atomic E-state index is 12.7. The molecule has 4 nitrogen and oxygen atoms in total. The molecule has 0 bridgehead atoms. The Hall–Kier alpha value is -1.50. The fraction of sp³-hybridized carbons (Fsp3) is 0.583. The first-order valence-electron chi connectivity index (χ1n) is 6.07. The normalized spacial score (nSPS) is 21.3. The van der Waals surface area contributed by atoms with Gasteiger partial charge in [0.2, 0.25) is 0 Å². The van der Waals surface area contributed by atoms with E-state index in [1.54, 1.807) is 0 Å². The van der Waals surface area contributed by atoms with Crippen LogP contribution >= 0.6 is 0 Å². The standard InChI is InChI=1S/C12H16F3N3O/c1-8-7-18(3-2-4-19-8)10-5-11(12(13,14)15)17-6-9(10)16/h5-6,8H,2-4,7,16H2,1H3. The van der Waals surface area contributed by atoms with Gasteiger partial charge in [0.25, 0.3) is 0 Å². The smallest absolute Gasteiger partial charge is 0.396 e. The molecular formula is C12H16F3N3O. The number of aromatic nitrogens is 1. The minimum Gasteiger partial charge on any atom is -0.396 e. The van der Waals surface area contributed by atoms with E-state index in [0.717, 1.165) is 18.7 Å². The zero-order valence-electron chi connectivity index (χ0n) is 10.6. The molecule has 1 aromatic rings. The van der Waals surface area contributed by atoms with Crippen LogP contribution < -0.4 is 10.6 Å². The molecule has 2 rings (SSSR count). The third kappa shape index (κ3) is 3.28. The number of hydrogen-bond donors (Lipinski definition) is 1. The summed E-state index contributed by atoms with van der Waals surface area (Å²) in [5, 5.41) is 0. The molecule has 1 unspecified atom stereocenters. The third-order valence-electron chi connectivity index (χ3n) is 3.00. The van der Waals surface area contributed by atoms with Crippen LogP contribution in [0.1, 0.15) is 19.0 Å². The number of alkyl halides is 3. The van der Waals surface area contributed by atoms with E-state index in [1.165, 1.54) is 0 Å². The Morgan fingerprint density at radius 3 is 2.89 bits per heavy atom. The van der Waals surface area contributed by atoms with Crippen LogP contribution in [0.5, 0.6) is 0 Å². The lowest BCUT2D eigenvalue weighted by Gasteiger charge is -2.26. The van der Waals surface area contributed by atoms with Crippen LogP contribution in [-0.2, 0) is 10.9 Å². The predicted octanol–water partition coefficient (Wildman–Crippen LogP) is 2.30. The highest BCUT2D eigenvalue weighted by molar-refractivity contribution is 5.67. The van der Waals surface area contributed by atoms with E-state index in [4.69, 9.17) is 10.5 Å². The van der Waals surface area contributed by atoms with Gasteiger partial charge in [-0.2, -0.15) is 13.2 Å². The Kier molecular flexibility index (Phi) is 3.84. The average molecular weight is 275 g/mol. The first-order chi connectivity index (χ1) is 8.88. The van der Waals surface area contributed by atoms with Crippen LogP contribution in [0.15, 0.2) is 12.3 Å². The molecule has 2 heterocycles. The summed E-state index contributed by atoms with van der Waals surface area (Å²) in [4.78, 5) is 5.16. The topological polar surface area (TPSA) is 51.4 Å². The Morgan fingerprint density at radius 2 is 2.21 bits per heavy atom. The molecule has 1 fully saturated rings. The van der Waals surface area contributed by atoms with E-state index in [-0.39, 0.29) is 11.8 Å². The molecule has 106 valence electrons. The molecule has 1 aliphatic heterocycles. The van der Waals surface area contributed by atoms with Crippen molar-refractivity contribution >= 4 is 11.4 Å². The second-order valence-corrected chi connectivity index (χ2v) is 4.61. The number of nitrogens with two attached hydrogens (primary N) is 1. The van der Waals surface area contributed by atoms with Crippen molar-refractivity contribution in [3.05, 3.63) is 18.0 Å². The number of nitrogen functional groups attached to an aromatic ring is 1. The fourth-order valence-electron chi connectivity index (χ4n) is 2.10. The molecule has 0 spiro atoms. The molecule has 0 aromatic carbocycles. The maximum Gasteiger partial charge on any atom is 0.433 e. The summed E-state index contributed by atoms with van der Waals surface area (Å²) in [6.07, 6.45) is -2.68. The molecule has 0 radical (unpaired) electrons. The quantitative estimate of drug-likeness (QED) is 0.854. The molecule has 0 saturated carbocycles. The number of rotatable bonds is 1. The zero-order chi connectivity index (χ0) is 14.0. The Labute approximate surface area is 109 Å². The van der Waals surface area contributed by atoms with Gasteiger partial charge in [0, 0.05) is 19.7 Å². The first kappa shape index (κ1) is 13.9. The maximum atomic E-state index is 12.7. The number of anilines is 2. The van der Waals surface area contributed by atoms with Crippen LogP contribution in [0.4, 0.5) is 24.5 Å². The zero-order valence-corrected chi connectivity index (χ0v) is 10.6. The molecule has 0 amide bonds. The van der Waals surface area contributed by atoms with Gasteiger partial charge in [-0.15, -0.1) is 0 Å². The third-order valence-corrected chi connectivity index (χ3v) is 3.00. The van der Waals surface area contributed by atoms with Crippen molar-refractivity contribution in [3.8, 4) is 0 Å². The largest absolute Gasteiger partial charge is 0.433 e. The Balaban J connectivity index is 2.32. The van der Waals surface area contributed by atoms with Crippen LogP contribution in [0.3, 0.4) is 0 Å². The van der Waals surface area contributed by atoms with Crippen molar-refractivity contribution in [1.29, 1.82) is 0 Å². The summed E-state index contributed by atoms with van der Waals surface area (Å²) in [5.41, 5.74) is 5.45. The second kappa shape index (κ2) is 5.24. The van der Waals surface area contributed by atoms with Gasteiger partial charge in [-0.1, -0.05) is 0 Å². The van der Waals surface area contributed by atoms with E-state index in [1.807, 2.05) is 11.8 Å². The molecule has 1 saturated heterocycles. The van der Waals surface area contributed by atoms with Gasteiger partial charge in [-0.25, -0.2) is 4.98 Å². The Morgan fingerprint density at radius 1 is 1.47 bits per heavy atom. The fourth-order valence-corrected chi connectivity index (χ4v) is 2.10. The van der Waals surface area contributed by atoms with Gasteiger partial charge in [0.05, 0.1) is 23.7 Å². The van der Waals surface area contributed by atoms with E-state index in [9.17, 15) is 13.2 Å². The number of nitrogens with zero attached hydrogens (tertiary/aromatic N) is 2. The summed E-state index contributed by atoms with van der Waals surface area (Å²) < 4.78 is 43.5. The van der Waals surface area contributed by atoms with E-state index >= 15 is 0 Å². The second-order valence-electron chi connectivity index (χ2n) is 4.61. The SMILES string of the molecule is CC1CN(c2cc(C(F)(F)F)ncc2N)CCCO1. The minimum absolute atomic E-state index is 0.0376. The van der Waals surface area contributed by atoms with Crippen molar-refractivity contribution in [1.82, 2.24) is 4.98 Å². The van der Waals surface area contributed by atoms with Gasteiger partial charge >= 0.3 is 6.18 Å². The highest BCUT2D eigenvalue weighted by Crippen LogP contribution is 2.33. The molecule has 0 aliphatic carbocycles. The highest BCUT2D eigenvalue weighted by atomic mass is 19.4. The lowest BCUT2D eigenvalue weighted by molar-refractivity contribution is -0.141. The average Bonchev–Trinajstić information content (AvgIpc) is 2.53. The summed E-state index contributed by atoms with van der Waals surface area (Å²) in [6.45, 7) is 3.64. The molecule has 2 N–H and O–H groups in total. The van der Waals surface area contributed by atoms with Crippen molar-refractivity contribution in [3.63, 3.8) is 0 Å². The Bertz CT molecular complexity index is 450. The number of halogens is 3. The van der Waals surface area contributed by atoms with Crippen molar-refractivity contribution in [2.75, 3.05) is 30.3 Å². The van der Waals surface area contributed by atoms with E-state index in [0.29, 0.717) is 25.4 Å². The van der Waals surface area contributed by atoms with Gasteiger partial charge in [-0.05, 0) is 19.4 Å². The van der Waals surface area contributed by atoms with Gasteiger partial charge < -0.3 is 15.4 Å². The summed E-state index contributed by atoms with van der Waals surface area (Å²) in [7, 11) is 0. The number of hydrogen-bond acceptors (Lipinski definition) is 4. The van der Waals surface area contributed by atoms with Crippen molar-refractivity contribution in [2.24, 2.45) is 0 Å². The molecule has 19 heavy (non-hydrogen) atoms. The lowest BCUT2D eigenvalue weighted by atomic mass is 10.2. The molecule has 7 heteroatoms. The highest BCUT2D eigenvalue weighted by Gasteiger charge is 2.33. The number of ether oxygens (including phenoxy) is 1. The minimum atomic E-state index is -4.46. The van der Waals surface area contributed by atoms with Crippen LogP contribution in [0, 0.1) is 0 Å². The monoisotopic (exact) mass is 275 g/mol. The van der Waals surface area contributed by atoms with Gasteiger partial charge in [0.15, 0.2) is 0 Å². The molecule has 1 atom stereocenters. The predicted molar refractivity (Wildman–Crippen MR) is 65.9 cm³/mol. The summed E-state index contributed by atoms with van der Waals surface area (Å²) >= 11 is 0. The summed E-state index contributed by atoms with van der Waals surface area (Å²) in [5.74, 6) is 0. The number of pyridine rings is 1. The summed E-state index contributed by atoms with van der Waals surface area (Å²) in [6, 6.07) is 1.01. The first-order valence-corrected chi connectivity index (χ1v) is 6.07. The van der Waals surface area contributed by atoms with Crippen LogP contribution in [0.2, 0.25) is 0 Å². The van der Waals surface area contributed by atoms with Crippen LogP contribution in [-0.4, -0.2) is 30.8 Å². The van der Waals surface area contributed by atoms with E-state index in [2.05, 4.69) is 4.98 Å². The van der Waals surface area contributed by atoms with Gasteiger partial charge in [0.1, 0.15) is 5.69 Å². The van der Waals surface area contributed by atoms with Gasteiger partial charge in [-0.3, -0.25) is 0 Å². The van der Waals surface area contributed by atoms with Crippen LogP contribution in [0.25, 0.3) is 0 Å². The molecule has 1 aliphatic rings. The lowest BCUT2D eigenvalue weighted by Crippen LogP contribution is -2.31.